The maximum absolute atomic E-state index is 2.36. The first-order chi connectivity index (χ1) is 14.4. The molecule has 0 bridgehead atoms. The predicted molar refractivity (Wildman–Crippen MR) is 128 cm³/mol. The highest BCUT2D eigenvalue weighted by Gasteiger charge is 2.30. The summed E-state index contributed by atoms with van der Waals surface area (Å²) in [7, 11) is 0. The zero-order chi connectivity index (χ0) is 19.9. The van der Waals surface area contributed by atoms with Gasteiger partial charge in [-0.25, -0.2) is 0 Å². The van der Waals surface area contributed by atoms with Crippen molar-refractivity contribution >= 4 is 23.1 Å². The van der Waals surface area contributed by atoms with E-state index in [2.05, 4.69) is 97.9 Å². The lowest BCUT2D eigenvalue weighted by atomic mass is 9.34. The molecule has 0 radical (unpaired) electrons. The Labute approximate surface area is 176 Å². The van der Waals surface area contributed by atoms with Crippen molar-refractivity contribution < 1.29 is 0 Å². The van der Waals surface area contributed by atoms with Crippen molar-refractivity contribution in [2.75, 3.05) is 0 Å². The minimum Gasteiger partial charge on any atom is -0.0715 e. The molecule has 0 nitrogen and oxygen atoms in total. The van der Waals surface area contributed by atoms with Crippen molar-refractivity contribution in [3.05, 3.63) is 102 Å². The molecule has 0 atom stereocenters. The van der Waals surface area contributed by atoms with Crippen LogP contribution in [0.3, 0.4) is 0 Å². The summed E-state index contributed by atoms with van der Waals surface area (Å²) >= 11 is 0. The van der Waals surface area contributed by atoms with E-state index in [0.29, 0.717) is 0 Å². The molecule has 0 heterocycles. The van der Waals surface area contributed by atoms with Gasteiger partial charge in [0.25, 0.3) is 0 Å². The first-order valence-electron chi connectivity index (χ1n) is 11.3. The normalized spacial score (nSPS) is 15.6. The van der Waals surface area contributed by atoms with E-state index in [1.807, 2.05) is 0 Å². The highest BCUT2D eigenvalue weighted by Crippen LogP contribution is 2.37. The van der Waals surface area contributed by atoms with Crippen molar-refractivity contribution in [2.24, 2.45) is 5.92 Å². The molecule has 0 spiro atoms. The second-order valence-electron chi connectivity index (χ2n) is 8.25. The quantitative estimate of drug-likeness (QED) is 0.443. The number of allylic oxidation sites excluding steroid dienone is 1. The fourth-order valence-electron chi connectivity index (χ4n) is 5.12. The van der Waals surface area contributed by atoms with Crippen LogP contribution < -0.4 is 10.9 Å². The molecule has 0 amide bonds. The fourth-order valence-corrected chi connectivity index (χ4v) is 5.12. The summed E-state index contributed by atoms with van der Waals surface area (Å²) in [6, 6.07) is 33.3. The molecule has 1 fully saturated rings. The third kappa shape index (κ3) is 4.56. The molecule has 1 aliphatic rings. The van der Waals surface area contributed by atoms with E-state index in [-0.39, 0.29) is 6.71 Å². The highest BCUT2D eigenvalue weighted by atomic mass is 14.2. The van der Waals surface area contributed by atoms with Crippen molar-refractivity contribution in [3.8, 4) is 0 Å². The molecule has 0 aromatic heterocycles. The second-order valence-corrected chi connectivity index (χ2v) is 8.25. The molecule has 1 heteroatoms. The van der Waals surface area contributed by atoms with Crippen LogP contribution in [0.4, 0.5) is 0 Å². The van der Waals surface area contributed by atoms with Gasteiger partial charge in [-0.2, -0.15) is 0 Å². The molecule has 29 heavy (non-hydrogen) atoms. The van der Waals surface area contributed by atoms with Gasteiger partial charge < -0.3 is 0 Å². The summed E-state index contributed by atoms with van der Waals surface area (Å²) < 4.78 is 0. The maximum Gasteiger partial charge on any atom is 0.241 e. The molecule has 1 aliphatic carbocycles. The van der Waals surface area contributed by atoms with Gasteiger partial charge in [-0.3, -0.25) is 0 Å². The Hall–Kier alpha value is -2.54. The van der Waals surface area contributed by atoms with Gasteiger partial charge in [0.2, 0.25) is 6.71 Å². The van der Waals surface area contributed by atoms with E-state index in [4.69, 9.17) is 0 Å². The fraction of sp³-hybridized carbons (Fsp3) is 0.286. The molecular weight excluding hydrogens is 347 g/mol. The average molecular weight is 378 g/mol. The van der Waals surface area contributed by atoms with E-state index in [0.717, 1.165) is 12.3 Å². The Morgan fingerprint density at radius 1 is 0.690 bits per heavy atom. The van der Waals surface area contributed by atoms with Crippen LogP contribution >= 0.6 is 0 Å². The van der Waals surface area contributed by atoms with Crippen LogP contribution in [0.15, 0.2) is 96.6 Å². The predicted octanol–water partition coefficient (Wildman–Crippen LogP) is 6.28. The summed E-state index contributed by atoms with van der Waals surface area (Å²) in [6.45, 7) is 2.64. The van der Waals surface area contributed by atoms with Crippen LogP contribution in [-0.2, 0) is 0 Å². The molecular formula is C28H31B. The number of hydrogen-bond acceptors (Lipinski definition) is 0. The molecule has 0 aliphatic heterocycles. The SMILES string of the molecule is CC/C(=C(\B(c1ccccc1)c1ccccc1)c1ccccc1)C1CCCCC1. The first kappa shape index (κ1) is 19.8. The van der Waals surface area contributed by atoms with Crippen molar-refractivity contribution in [1.29, 1.82) is 0 Å². The molecule has 0 N–H and O–H groups in total. The molecule has 3 aromatic rings. The lowest BCUT2D eigenvalue weighted by molar-refractivity contribution is 0.398. The lowest BCUT2D eigenvalue weighted by Gasteiger charge is -2.30. The topological polar surface area (TPSA) is 0 Å². The minimum atomic E-state index is 0.275. The third-order valence-corrected chi connectivity index (χ3v) is 6.46. The third-order valence-electron chi connectivity index (χ3n) is 6.46. The lowest BCUT2D eigenvalue weighted by Crippen LogP contribution is -2.44. The molecule has 146 valence electrons. The number of hydrogen-bond donors (Lipinski definition) is 0. The van der Waals surface area contributed by atoms with Crippen LogP contribution in [0.2, 0.25) is 0 Å². The highest BCUT2D eigenvalue weighted by molar-refractivity contribution is 6.99. The molecule has 0 unspecified atom stereocenters. The number of benzene rings is 3. The summed E-state index contributed by atoms with van der Waals surface area (Å²) in [6.07, 6.45) is 7.96. The zero-order valence-electron chi connectivity index (χ0n) is 17.6. The van der Waals surface area contributed by atoms with Crippen LogP contribution in [0.1, 0.15) is 51.0 Å². The summed E-state index contributed by atoms with van der Waals surface area (Å²) in [4.78, 5) is 0. The van der Waals surface area contributed by atoms with Gasteiger partial charge in [-0.1, -0.05) is 139 Å². The van der Waals surface area contributed by atoms with Crippen LogP contribution in [0, 0.1) is 5.92 Å². The van der Waals surface area contributed by atoms with Crippen LogP contribution in [0.5, 0.6) is 0 Å². The monoisotopic (exact) mass is 378 g/mol. The molecule has 3 aromatic carbocycles. The van der Waals surface area contributed by atoms with Crippen molar-refractivity contribution in [1.82, 2.24) is 0 Å². The average Bonchev–Trinajstić information content (AvgIpc) is 2.81. The van der Waals surface area contributed by atoms with E-state index in [9.17, 15) is 0 Å². The Kier molecular flexibility index (Phi) is 6.67. The number of rotatable bonds is 6. The van der Waals surface area contributed by atoms with Gasteiger partial charge >= 0.3 is 0 Å². The van der Waals surface area contributed by atoms with Crippen LogP contribution in [0.25, 0.3) is 5.47 Å². The van der Waals surface area contributed by atoms with E-state index >= 15 is 0 Å². The second kappa shape index (κ2) is 9.79. The van der Waals surface area contributed by atoms with Crippen LogP contribution in [-0.4, -0.2) is 6.71 Å². The Morgan fingerprint density at radius 2 is 1.17 bits per heavy atom. The Balaban J connectivity index is 1.95. The molecule has 0 saturated heterocycles. The maximum atomic E-state index is 2.36. The van der Waals surface area contributed by atoms with Gasteiger partial charge in [0, 0.05) is 0 Å². The van der Waals surface area contributed by atoms with Gasteiger partial charge in [-0.05, 0) is 30.7 Å². The largest absolute Gasteiger partial charge is 0.241 e. The van der Waals surface area contributed by atoms with Crippen molar-refractivity contribution in [3.63, 3.8) is 0 Å². The zero-order valence-corrected chi connectivity index (χ0v) is 17.6. The summed E-state index contributed by atoms with van der Waals surface area (Å²) in [5, 5.41) is 0. The Bertz CT molecular complexity index is 867. The Morgan fingerprint density at radius 3 is 1.66 bits per heavy atom. The minimum absolute atomic E-state index is 0.275. The summed E-state index contributed by atoms with van der Waals surface area (Å²) in [5.74, 6) is 0.721. The standard InChI is InChI=1S/C28H31B/c1-2-27(23-15-7-3-8-16-23)28(24-17-9-4-10-18-24)29(25-19-11-5-12-20-25)26-21-13-6-14-22-26/h4-6,9-14,17-23H,2-3,7-8,15-16H2,1H3/b28-27+. The van der Waals surface area contributed by atoms with Crippen molar-refractivity contribution in [2.45, 2.75) is 45.4 Å². The summed E-state index contributed by atoms with van der Waals surface area (Å²) in [5.41, 5.74) is 7.37. The van der Waals surface area contributed by atoms with Gasteiger partial charge in [0.15, 0.2) is 0 Å². The van der Waals surface area contributed by atoms with Gasteiger partial charge in [0.1, 0.15) is 0 Å². The van der Waals surface area contributed by atoms with Gasteiger partial charge in [0.05, 0.1) is 0 Å². The first-order valence-corrected chi connectivity index (χ1v) is 11.3. The van der Waals surface area contributed by atoms with E-state index in [1.165, 1.54) is 54.1 Å². The van der Waals surface area contributed by atoms with Gasteiger partial charge in [-0.15, -0.1) is 0 Å². The molecule has 4 rings (SSSR count). The van der Waals surface area contributed by atoms with E-state index in [1.54, 1.807) is 5.57 Å². The van der Waals surface area contributed by atoms with E-state index < -0.39 is 0 Å². The molecule has 1 saturated carbocycles. The smallest absolute Gasteiger partial charge is 0.0715 e.